The number of nitrogens with zero attached hydrogens (tertiary/aromatic N) is 1. The Labute approximate surface area is 76.2 Å². The summed E-state index contributed by atoms with van der Waals surface area (Å²) < 4.78 is 0.962. The van der Waals surface area contributed by atoms with E-state index in [2.05, 4.69) is 36.6 Å². The lowest BCUT2D eigenvalue weighted by molar-refractivity contribution is -0.870. The first-order valence-corrected chi connectivity index (χ1v) is 3.73. The van der Waals surface area contributed by atoms with Crippen molar-refractivity contribution in [2.75, 3.05) is 26.1 Å². The van der Waals surface area contributed by atoms with Gasteiger partial charge in [0, 0.05) is 0 Å². The quantitative estimate of drug-likeness (QED) is 0.253. The molecular formula is C6H13Br2N. The number of alkyl halides is 1. The lowest BCUT2D eigenvalue weighted by Gasteiger charge is -2.24. The summed E-state index contributed by atoms with van der Waals surface area (Å²) in [4.78, 5) is 0. The van der Waals surface area contributed by atoms with Crippen LogP contribution in [0.3, 0.4) is 0 Å². The van der Waals surface area contributed by atoms with Crippen LogP contribution in [0.25, 0.3) is 0 Å². The van der Waals surface area contributed by atoms with Gasteiger partial charge in [-0.25, -0.2) is 0 Å². The van der Waals surface area contributed by atoms with Crippen molar-refractivity contribution in [1.29, 1.82) is 0 Å². The normalized spacial score (nSPS) is 10.1. The Bertz CT molecular complexity index is 81.1. The van der Waals surface area contributed by atoms with Gasteiger partial charge in [0.05, 0.1) is 20.6 Å². The fourth-order valence-electron chi connectivity index (χ4n) is 0.398. The molecule has 0 aliphatic carbocycles. The molecule has 0 saturated carbocycles. The molecule has 0 heterocycles. The Morgan fingerprint density at radius 1 is 1.56 bits per heavy atom. The highest BCUT2D eigenvalue weighted by molar-refractivity contribution is 9.09. The van der Waals surface area contributed by atoms with Gasteiger partial charge in [0.2, 0.25) is 0 Å². The zero-order valence-corrected chi connectivity index (χ0v) is 9.07. The van der Waals surface area contributed by atoms with Gasteiger partial charge in [0.15, 0.2) is 0 Å². The van der Waals surface area contributed by atoms with Crippen LogP contribution < -0.4 is 17.0 Å². The van der Waals surface area contributed by atoms with Gasteiger partial charge in [0.25, 0.3) is 0 Å². The van der Waals surface area contributed by atoms with E-state index < -0.39 is 0 Å². The van der Waals surface area contributed by atoms with Crippen LogP contribution in [0.2, 0.25) is 0 Å². The molecule has 3 heteroatoms. The van der Waals surface area contributed by atoms with Gasteiger partial charge >= 0.3 is 0 Å². The molecule has 0 aromatic carbocycles. The minimum atomic E-state index is 0. The third kappa shape index (κ3) is 6.55. The molecule has 0 unspecified atom stereocenters. The molecule has 0 atom stereocenters. The van der Waals surface area contributed by atoms with E-state index >= 15 is 0 Å². The van der Waals surface area contributed by atoms with Crippen LogP contribution >= 0.6 is 15.9 Å². The van der Waals surface area contributed by atoms with Crippen molar-refractivity contribution in [2.45, 2.75) is 0 Å². The Hall–Kier alpha value is 0.660. The van der Waals surface area contributed by atoms with Crippen LogP contribution in [0.15, 0.2) is 12.7 Å². The summed E-state index contributed by atoms with van der Waals surface area (Å²) in [5.74, 6) is 0. The van der Waals surface area contributed by atoms with E-state index in [1.165, 1.54) is 0 Å². The topological polar surface area (TPSA) is 0 Å². The fraction of sp³-hybridized carbons (Fsp3) is 0.667. The number of quaternary nitrogens is 1. The van der Waals surface area contributed by atoms with Crippen molar-refractivity contribution in [2.24, 2.45) is 0 Å². The van der Waals surface area contributed by atoms with Crippen LogP contribution in [0.4, 0.5) is 0 Å². The molecule has 0 aromatic rings. The van der Waals surface area contributed by atoms with Crippen molar-refractivity contribution in [3.05, 3.63) is 12.7 Å². The van der Waals surface area contributed by atoms with Crippen molar-refractivity contribution < 1.29 is 21.5 Å². The number of likely N-dealkylation sites (N-methyl/N-ethyl adjacent to an activating group) is 1. The summed E-state index contributed by atoms with van der Waals surface area (Å²) in [6.45, 7) is 4.68. The standard InChI is InChI=1S/C6H13BrN.BrH/c1-4-5-8(2,3)6-7;/h4H,1,5-6H2,2-3H3;1H/q+1;/p-1. The van der Waals surface area contributed by atoms with E-state index in [1.54, 1.807) is 0 Å². The van der Waals surface area contributed by atoms with Gasteiger partial charge in [-0.1, -0.05) is 6.58 Å². The molecule has 0 bridgehead atoms. The van der Waals surface area contributed by atoms with Crippen LogP contribution in [0.1, 0.15) is 0 Å². The molecule has 0 amide bonds. The molecule has 0 N–H and O–H groups in total. The van der Waals surface area contributed by atoms with E-state index in [-0.39, 0.29) is 17.0 Å². The average Bonchev–Trinajstić information content (AvgIpc) is 1.67. The maximum Gasteiger partial charge on any atom is 0.134 e. The maximum absolute atomic E-state index is 3.66. The van der Waals surface area contributed by atoms with E-state index in [4.69, 9.17) is 0 Å². The summed E-state index contributed by atoms with van der Waals surface area (Å²) in [7, 11) is 4.30. The SMILES string of the molecule is C=CC[N+](C)(C)CBr.[Br-]. The second-order valence-electron chi connectivity index (χ2n) is 2.53. The second kappa shape index (κ2) is 5.45. The van der Waals surface area contributed by atoms with Crippen molar-refractivity contribution >= 4 is 15.9 Å². The summed E-state index contributed by atoms with van der Waals surface area (Å²) in [5, 5.41) is 0. The molecular weight excluding hydrogens is 246 g/mol. The Balaban J connectivity index is 0. The molecule has 0 aromatic heterocycles. The molecule has 0 spiro atoms. The van der Waals surface area contributed by atoms with E-state index in [0.29, 0.717) is 0 Å². The van der Waals surface area contributed by atoms with Gasteiger partial charge in [-0.05, 0) is 22.0 Å². The Morgan fingerprint density at radius 3 is 2.11 bits per heavy atom. The monoisotopic (exact) mass is 257 g/mol. The molecule has 0 aliphatic heterocycles. The molecule has 1 nitrogen and oxygen atoms in total. The predicted octanol–water partition coefficient (Wildman–Crippen LogP) is -1.39. The lowest BCUT2D eigenvalue weighted by Crippen LogP contribution is -3.00. The Morgan fingerprint density at radius 2 is 2.00 bits per heavy atom. The zero-order chi connectivity index (χ0) is 6.62. The summed E-state index contributed by atoms with van der Waals surface area (Å²) in [6, 6.07) is 0. The third-order valence-corrected chi connectivity index (χ3v) is 2.30. The van der Waals surface area contributed by atoms with Crippen molar-refractivity contribution in [1.82, 2.24) is 0 Å². The van der Waals surface area contributed by atoms with E-state index in [9.17, 15) is 0 Å². The van der Waals surface area contributed by atoms with Crippen LogP contribution in [0, 0.1) is 0 Å². The van der Waals surface area contributed by atoms with Gasteiger partial charge in [-0.15, -0.1) is 0 Å². The molecule has 56 valence electrons. The molecule has 9 heavy (non-hydrogen) atoms. The van der Waals surface area contributed by atoms with Gasteiger partial charge in [-0.3, -0.25) is 0 Å². The Kier molecular flexibility index (Phi) is 7.47. The molecule has 0 saturated heterocycles. The van der Waals surface area contributed by atoms with Gasteiger partial charge in [0.1, 0.15) is 5.45 Å². The second-order valence-corrected chi connectivity index (χ2v) is 3.03. The molecule has 0 aliphatic rings. The van der Waals surface area contributed by atoms with Crippen LogP contribution in [-0.4, -0.2) is 30.6 Å². The molecule has 0 fully saturated rings. The maximum atomic E-state index is 3.66. The predicted molar refractivity (Wildman–Crippen MR) is 41.0 cm³/mol. The average molecular weight is 259 g/mol. The number of hydrogen-bond donors (Lipinski definition) is 0. The smallest absolute Gasteiger partial charge is 0.134 e. The minimum absolute atomic E-state index is 0. The first-order chi connectivity index (χ1) is 3.62. The largest absolute Gasteiger partial charge is 1.00 e. The highest BCUT2D eigenvalue weighted by Gasteiger charge is 2.07. The minimum Gasteiger partial charge on any atom is -1.00 e. The highest BCUT2D eigenvalue weighted by atomic mass is 79.9. The first kappa shape index (κ1) is 12.3. The van der Waals surface area contributed by atoms with E-state index in [0.717, 1.165) is 16.5 Å². The number of rotatable bonds is 3. The third-order valence-electron chi connectivity index (χ3n) is 0.947. The highest BCUT2D eigenvalue weighted by Crippen LogP contribution is 1.99. The van der Waals surface area contributed by atoms with Gasteiger partial charge in [-0.2, -0.15) is 0 Å². The number of halogens is 2. The first-order valence-electron chi connectivity index (χ1n) is 2.61. The lowest BCUT2D eigenvalue weighted by atomic mass is 10.5. The summed E-state index contributed by atoms with van der Waals surface area (Å²) >= 11 is 3.40. The zero-order valence-electron chi connectivity index (χ0n) is 5.90. The van der Waals surface area contributed by atoms with Crippen LogP contribution in [-0.2, 0) is 0 Å². The molecule has 0 radical (unpaired) electrons. The molecule has 0 rings (SSSR count). The summed E-state index contributed by atoms with van der Waals surface area (Å²) in [5.41, 5.74) is 0.985. The fourth-order valence-corrected chi connectivity index (χ4v) is 0.603. The van der Waals surface area contributed by atoms with Crippen molar-refractivity contribution in [3.8, 4) is 0 Å². The van der Waals surface area contributed by atoms with Crippen molar-refractivity contribution in [3.63, 3.8) is 0 Å². The van der Waals surface area contributed by atoms with E-state index in [1.807, 2.05) is 6.08 Å². The summed E-state index contributed by atoms with van der Waals surface area (Å²) in [6.07, 6.45) is 1.93. The van der Waals surface area contributed by atoms with Crippen LogP contribution in [0.5, 0.6) is 0 Å². The number of hydrogen-bond acceptors (Lipinski definition) is 0. The van der Waals surface area contributed by atoms with Gasteiger partial charge < -0.3 is 21.5 Å².